The molecule has 5 nitrogen and oxygen atoms in total. The van der Waals surface area contributed by atoms with Crippen molar-refractivity contribution in [3.05, 3.63) is 118 Å². The fourth-order valence-corrected chi connectivity index (χ4v) is 6.90. The zero-order valence-corrected chi connectivity index (χ0v) is 29.3. The van der Waals surface area contributed by atoms with E-state index in [1.165, 1.54) is 22.3 Å². The summed E-state index contributed by atoms with van der Waals surface area (Å²) in [5.41, 5.74) is 10.5. The van der Waals surface area contributed by atoms with E-state index < -0.39 is 5.60 Å². The molecular formula is C41H48ClN3O2. The second-order valence-corrected chi connectivity index (χ2v) is 13.6. The number of halogens is 1. The number of fused-ring (bicyclic) bond motifs is 1. The standard InChI is InChI=1S/C41H48ClN3O2/c1-28-30(16-10-21-36-40-37(22-13-27-43-40)45-29(2)44-36)15-9-18-33(28)35-20-12-19-34(39(35)42)31-17-11-23-38(47-5)32(25-24-31)14-7-6-8-26-41(3,4)46/h9,12-13,15,17-20,22,24-25,27,46H,6-8,10-11,14,16,21,23,26H2,1-5H3/b25-24-,31-17+,38-32+. The number of pyridine rings is 1. The Morgan fingerprint density at radius 3 is 2.45 bits per heavy atom. The van der Waals surface area contributed by atoms with Gasteiger partial charge in [-0.1, -0.05) is 79.1 Å². The predicted molar refractivity (Wildman–Crippen MR) is 195 cm³/mol. The summed E-state index contributed by atoms with van der Waals surface area (Å²) in [7, 11) is 1.77. The maximum Gasteiger partial charge on any atom is 0.126 e. The molecule has 0 fully saturated rings. The molecule has 4 aromatic rings. The molecule has 5 rings (SSSR count). The van der Waals surface area contributed by atoms with Crippen LogP contribution in [0.25, 0.3) is 27.7 Å². The highest BCUT2D eigenvalue weighted by atomic mass is 35.5. The van der Waals surface area contributed by atoms with Crippen molar-refractivity contribution in [2.24, 2.45) is 0 Å². The summed E-state index contributed by atoms with van der Waals surface area (Å²) >= 11 is 7.24. The smallest absolute Gasteiger partial charge is 0.126 e. The summed E-state index contributed by atoms with van der Waals surface area (Å²) < 4.78 is 5.82. The van der Waals surface area contributed by atoms with Crippen LogP contribution in [0.15, 0.2) is 84.3 Å². The number of aromatic nitrogens is 3. The lowest BCUT2D eigenvalue weighted by atomic mass is 9.91. The molecular weight excluding hydrogens is 602 g/mol. The van der Waals surface area contributed by atoms with Gasteiger partial charge in [-0.3, -0.25) is 4.98 Å². The molecule has 0 atom stereocenters. The highest BCUT2D eigenvalue weighted by molar-refractivity contribution is 6.35. The van der Waals surface area contributed by atoms with Gasteiger partial charge in [0.2, 0.25) is 0 Å². The number of unbranched alkanes of at least 4 members (excludes halogenated alkanes) is 2. The van der Waals surface area contributed by atoms with Crippen molar-refractivity contribution < 1.29 is 9.84 Å². The fraction of sp³-hybridized carbons (Fsp3) is 0.390. The van der Waals surface area contributed by atoms with Crippen LogP contribution < -0.4 is 0 Å². The molecule has 47 heavy (non-hydrogen) atoms. The van der Waals surface area contributed by atoms with Gasteiger partial charge >= 0.3 is 0 Å². The van der Waals surface area contributed by atoms with Gasteiger partial charge in [0.1, 0.15) is 11.3 Å². The normalized spacial score (nSPS) is 17.2. The van der Waals surface area contributed by atoms with E-state index in [0.29, 0.717) is 0 Å². The van der Waals surface area contributed by atoms with E-state index in [2.05, 4.69) is 71.5 Å². The zero-order chi connectivity index (χ0) is 33.4. The van der Waals surface area contributed by atoms with Gasteiger partial charge in [0.05, 0.1) is 34.7 Å². The van der Waals surface area contributed by atoms with E-state index in [9.17, 15) is 5.11 Å². The van der Waals surface area contributed by atoms with Crippen LogP contribution in [0.4, 0.5) is 0 Å². The largest absolute Gasteiger partial charge is 0.501 e. The quantitative estimate of drug-likeness (QED) is 0.146. The third-order valence-corrected chi connectivity index (χ3v) is 9.49. The van der Waals surface area contributed by atoms with Gasteiger partial charge < -0.3 is 9.84 Å². The first-order valence-electron chi connectivity index (χ1n) is 17.0. The lowest BCUT2D eigenvalue weighted by Gasteiger charge is -2.18. The molecule has 2 heterocycles. The minimum Gasteiger partial charge on any atom is -0.501 e. The lowest BCUT2D eigenvalue weighted by Crippen LogP contribution is -2.17. The molecule has 0 aliphatic heterocycles. The Hall–Kier alpha value is -3.80. The van der Waals surface area contributed by atoms with Gasteiger partial charge in [0, 0.05) is 23.7 Å². The molecule has 1 aliphatic carbocycles. The number of benzene rings is 2. The van der Waals surface area contributed by atoms with Crippen LogP contribution in [0, 0.1) is 13.8 Å². The Balaban J connectivity index is 1.31. The Morgan fingerprint density at radius 1 is 0.851 bits per heavy atom. The molecule has 0 amide bonds. The average molecular weight is 650 g/mol. The third-order valence-electron chi connectivity index (χ3n) is 9.08. The van der Waals surface area contributed by atoms with Gasteiger partial charge in [0.15, 0.2) is 0 Å². The Kier molecular flexibility index (Phi) is 11.7. The summed E-state index contributed by atoms with van der Waals surface area (Å²) in [5, 5.41) is 10.8. The van der Waals surface area contributed by atoms with Crippen molar-refractivity contribution in [3.63, 3.8) is 0 Å². The van der Waals surface area contributed by atoms with E-state index >= 15 is 0 Å². The van der Waals surface area contributed by atoms with Crippen molar-refractivity contribution in [3.8, 4) is 11.1 Å². The number of aryl methyl sites for hydroxylation is 3. The fourth-order valence-electron chi connectivity index (χ4n) is 6.56. The van der Waals surface area contributed by atoms with E-state index in [1.54, 1.807) is 7.11 Å². The second-order valence-electron chi connectivity index (χ2n) is 13.3. The number of aliphatic hydroxyl groups is 1. The predicted octanol–water partition coefficient (Wildman–Crippen LogP) is 10.5. The van der Waals surface area contributed by atoms with Crippen LogP contribution >= 0.6 is 11.6 Å². The number of methoxy groups -OCH3 is 1. The SMILES string of the molecule is CO/C1=C(CCCCCC(C)(C)O)/C=C\C(c2cccc(-c3cccc(CCCc4nc(C)nc5cccnc45)c3C)c2Cl)=C/CC1. The molecule has 0 saturated carbocycles. The van der Waals surface area contributed by atoms with E-state index in [4.69, 9.17) is 21.3 Å². The summed E-state index contributed by atoms with van der Waals surface area (Å²) in [6.07, 6.45) is 18.0. The van der Waals surface area contributed by atoms with E-state index in [0.717, 1.165) is 114 Å². The monoisotopic (exact) mass is 649 g/mol. The van der Waals surface area contributed by atoms with Crippen LogP contribution in [0.2, 0.25) is 5.02 Å². The maximum absolute atomic E-state index is 10.0. The molecule has 2 aromatic heterocycles. The second kappa shape index (κ2) is 15.9. The van der Waals surface area contributed by atoms with Gasteiger partial charge in [-0.2, -0.15) is 0 Å². The van der Waals surface area contributed by atoms with Crippen LogP contribution in [0.5, 0.6) is 0 Å². The summed E-state index contributed by atoms with van der Waals surface area (Å²) in [6.45, 7) is 7.91. The van der Waals surface area contributed by atoms with Crippen molar-refractivity contribution >= 4 is 28.2 Å². The van der Waals surface area contributed by atoms with Crippen molar-refractivity contribution in [2.45, 2.75) is 97.5 Å². The zero-order valence-electron chi connectivity index (χ0n) is 28.6. The molecule has 2 aromatic carbocycles. The number of hydrogen-bond donors (Lipinski definition) is 1. The number of nitrogens with zero attached hydrogens (tertiary/aromatic N) is 3. The number of allylic oxidation sites excluding steroid dienone is 6. The molecule has 6 heteroatoms. The Morgan fingerprint density at radius 2 is 1.64 bits per heavy atom. The summed E-state index contributed by atoms with van der Waals surface area (Å²) in [4.78, 5) is 13.8. The first-order chi connectivity index (χ1) is 22.6. The molecule has 0 bridgehead atoms. The molecule has 0 saturated heterocycles. The number of hydrogen-bond acceptors (Lipinski definition) is 5. The maximum atomic E-state index is 10.0. The average Bonchev–Trinajstić information content (AvgIpc) is 3.03. The van der Waals surface area contributed by atoms with Crippen LogP contribution in [-0.2, 0) is 17.6 Å². The Labute approximate surface area is 285 Å². The minimum absolute atomic E-state index is 0.602. The van der Waals surface area contributed by atoms with Crippen molar-refractivity contribution in [1.29, 1.82) is 0 Å². The molecule has 0 unspecified atom stereocenters. The van der Waals surface area contributed by atoms with E-state index in [-0.39, 0.29) is 0 Å². The van der Waals surface area contributed by atoms with Crippen LogP contribution in [0.3, 0.4) is 0 Å². The van der Waals surface area contributed by atoms with Gasteiger partial charge in [-0.15, -0.1) is 0 Å². The topological polar surface area (TPSA) is 68.1 Å². The van der Waals surface area contributed by atoms with Gasteiger partial charge in [-0.05, 0) is 113 Å². The third kappa shape index (κ3) is 8.97. The van der Waals surface area contributed by atoms with Crippen LogP contribution in [-0.4, -0.2) is 32.8 Å². The van der Waals surface area contributed by atoms with Crippen LogP contribution in [0.1, 0.15) is 93.4 Å². The first-order valence-corrected chi connectivity index (χ1v) is 17.3. The minimum atomic E-state index is -0.602. The van der Waals surface area contributed by atoms with Crippen molar-refractivity contribution in [1.82, 2.24) is 15.0 Å². The molecule has 0 spiro atoms. The van der Waals surface area contributed by atoms with Gasteiger partial charge in [0.25, 0.3) is 0 Å². The lowest BCUT2D eigenvalue weighted by molar-refractivity contribution is 0.0681. The Bertz CT molecular complexity index is 1800. The summed E-state index contributed by atoms with van der Waals surface area (Å²) in [5.74, 6) is 1.85. The number of ether oxygens (including phenoxy) is 1. The van der Waals surface area contributed by atoms with E-state index in [1.807, 2.05) is 39.1 Å². The highest BCUT2D eigenvalue weighted by Gasteiger charge is 2.16. The highest BCUT2D eigenvalue weighted by Crippen LogP contribution is 2.38. The molecule has 1 N–H and O–H groups in total. The molecule has 246 valence electrons. The van der Waals surface area contributed by atoms with Crippen molar-refractivity contribution in [2.75, 3.05) is 7.11 Å². The van der Waals surface area contributed by atoms with Gasteiger partial charge in [-0.25, -0.2) is 9.97 Å². The number of rotatable bonds is 13. The first kappa shape index (κ1) is 34.5. The summed E-state index contributed by atoms with van der Waals surface area (Å²) in [6, 6.07) is 16.9. The molecule has 0 radical (unpaired) electrons. The molecule has 1 aliphatic rings.